The van der Waals surface area contributed by atoms with E-state index in [0.717, 1.165) is 30.6 Å². The second-order valence-corrected chi connectivity index (χ2v) is 5.05. The number of hydrogen-bond donors (Lipinski definition) is 1. The molecule has 1 aromatic carbocycles. The van der Waals surface area contributed by atoms with Crippen molar-refractivity contribution in [2.75, 3.05) is 7.11 Å². The van der Waals surface area contributed by atoms with Crippen LogP contribution in [0.1, 0.15) is 36.5 Å². The Morgan fingerprint density at radius 2 is 2.26 bits per heavy atom. The summed E-state index contributed by atoms with van der Waals surface area (Å²) in [6, 6.07) is 7.84. The van der Waals surface area contributed by atoms with Crippen molar-refractivity contribution in [2.24, 2.45) is 5.73 Å². The summed E-state index contributed by atoms with van der Waals surface area (Å²) in [5.74, 6) is 2.06. The first-order valence-corrected chi connectivity index (χ1v) is 6.44. The molecule has 0 amide bonds. The first-order chi connectivity index (χ1) is 9.19. The van der Waals surface area contributed by atoms with E-state index in [9.17, 15) is 0 Å². The van der Waals surface area contributed by atoms with E-state index in [4.69, 9.17) is 15.0 Å². The van der Waals surface area contributed by atoms with Crippen LogP contribution in [-0.4, -0.2) is 17.3 Å². The van der Waals surface area contributed by atoms with E-state index < -0.39 is 0 Å². The molecule has 1 heterocycles. The third kappa shape index (κ3) is 2.33. The van der Waals surface area contributed by atoms with Gasteiger partial charge in [0.2, 0.25) is 5.89 Å². The van der Waals surface area contributed by atoms with E-state index in [0.29, 0.717) is 18.1 Å². The molecule has 0 spiro atoms. The van der Waals surface area contributed by atoms with Crippen LogP contribution in [0.25, 0.3) is 0 Å². The Labute approximate surface area is 111 Å². The highest BCUT2D eigenvalue weighted by molar-refractivity contribution is 5.30. The molecule has 2 N–H and O–H groups in total. The van der Waals surface area contributed by atoms with Crippen molar-refractivity contribution >= 4 is 0 Å². The lowest BCUT2D eigenvalue weighted by Gasteiger charge is -2.33. The normalized spacial score (nSPS) is 16.9. The lowest BCUT2D eigenvalue weighted by atomic mass is 9.78. The van der Waals surface area contributed by atoms with Crippen molar-refractivity contribution in [3.63, 3.8) is 0 Å². The minimum atomic E-state index is -0.389. The predicted molar refractivity (Wildman–Crippen MR) is 69.8 cm³/mol. The van der Waals surface area contributed by atoms with Crippen LogP contribution in [0.3, 0.4) is 0 Å². The zero-order valence-corrected chi connectivity index (χ0v) is 10.9. The largest absolute Gasteiger partial charge is 0.497 e. The van der Waals surface area contributed by atoms with Gasteiger partial charge in [0.1, 0.15) is 5.75 Å². The topological polar surface area (TPSA) is 74.2 Å². The van der Waals surface area contributed by atoms with Gasteiger partial charge >= 0.3 is 0 Å². The van der Waals surface area contributed by atoms with Gasteiger partial charge in [-0.15, -0.1) is 0 Å². The number of nitrogens with two attached hydrogens (primary N) is 1. The average Bonchev–Trinajstić information content (AvgIpc) is 2.85. The highest BCUT2D eigenvalue weighted by Gasteiger charge is 2.39. The van der Waals surface area contributed by atoms with Gasteiger partial charge in [-0.1, -0.05) is 17.3 Å². The van der Waals surface area contributed by atoms with E-state index in [2.05, 4.69) is 10.1 Å². The summed E-state index contributed by atoms with van der Waals surface area (Å²) >= 11 is 0. The highest BCUT2D eigenvalue weighted by atomic mass is 16.5. The maximum absolute atomic E-state index is 6.16. The molecular formula is C14H17N3O2. The smallest absolute Gasteiger partial charge is 0.246 e. The van der Waals surface area contributed by atoms with Crippen LogP contribution < -0.4 is 10.5 Å². The van der Waals surface area contributed by atoms with E-state index in [1.807, 2.05) is 24.3 Å². The molecule has 0 aliphatic heterocycles. The third-order valence-corrected chi connectivity index (χ3v) is 3.64. The Morgan fingerprint density at radius 3 is 2.95 bits per heavy atom. The molecule has 3 rings (SSSR count). The number of hydrogen-bond acceptors (Lipinski definition) is 5. The summed E-state index contributed by atoms with van der Waals surface area (Å²) in [5.41, 5.74) is 6.86. The quantitative estimate of drug-likeness (QED) is 0.909. The fourth-order valence-corrected chi connectivity index (χ4v) is 2.26. The molecule has 5 heteroatoms. The molecule has 0 unspecified atom stereocenters. The number of ether oxygens (including phenoxy) is 1. The highest BCUT2D eigenvalue weighted by Crippen LogP contribution is 2.37. The minimum absolute atomic E-state index is 0.389. The van der Waals surface area contributed by atoms with Gasteiger partial charge in [0, 0.05) is 6.42 Å². The van der Waals surface area contributed by atoms with Crippen molar-refractivity contribution in [1.82, 2.24) is 10.1 Å². The second-order valence-electron chi connectivity index (χ2n) is 5.05. The fraction of sp³-hybridized carbons (Fsp3) is 0.429. The Bertz CT molecular complexity index is 576. The van der Waals surface area contributed by atoms with Crippen molar-refractivity contribution in [1.29, 1.82) is 0 Å². The molecule has 0 saturated heterocycles. The molecule has 1 saturated carbocycles. The Kier molecular flexibility index (Phi) is 2.98. The summed E-state index contributed by atoms with van der Waals surface area (Å²) in [6.45, 7) is 0. The van der Waals surface area contributed by atoms with Crippen LogP contribution in [-0.2, 0) is 12.0 Å². The SMILES string of the molecule is COc1cccc(Cc2noc(C3(N)CCC3)n2)c1. The summed E-state index contributed by atoms with van der Waals surface area (Å²) in [7, 11) is 1.65. The van der Waals surface area contributed by atoms with Crippen LogP contribution >= 0.6 is 0 Å². The molecular weight excluding hydrogens is 242 g/mol. The maximum Gasteiger partial charge on any atom is 0.246 e. The van der Waals surface area contributed by atoms with Crippen LogP contribution in [0.2, 0.25) is 0 Å². The van der Waals surface area contributed by atoms with E-state index >= 15 is 0 Å². The third-order valence-electron chi connectivity index (χ3n) is 3.64. The van der Waals surface area contributed by atoms with Gasteiger partial charge in [-0.25, -0.2) is 0 Å². The number of methoxy groups -OCH3 is 1. The van der Waals surface area contributed by atoms with Gasteiger partial charge < -0.3 is 15.0 Å². The van der Waals surface area contributed by atoms with Gasteiger partial charge in [-0.05, 0) is 37.0 Å². The molecule has 0 bridgehead atoms. The Morgan fingerprint density at radius 1 is 1.42 bits per heavy atom. The van der Waals surface area contributed by atoms with Gasteiger partial charge in [0.25, 0.3) is 0 Å². The van der Waals surface area contributed by atoms with Crippen LogP contribution in [0.4, 0.5) is 0 Å². The Hall–Kier alpha value is -1.88. The van der Waals surface area contributed by atoms with Gasteiger partial charge in [0.15, 0.2) is 5.82 Å². The summed E-state index contributed by atoms with van der Waals surface area (Å²) in [4.78, 5) is 4.41. The minimum Gasteiger partial charge on any atom is -0.497 e. The fourth-order valence-electron chi connectivity index (χ4n) is 2.26. The second kappa shape index (κ2) is 4.66. The molecule has 1 fully saturated rings. The molecule has 2 aromatic rings. The van der Waals surface area contributed by atoms with Crippen LogP contribution in [0, 0.1) is 0 Å². The van der Waals surface area contributed by atoms with Gasteiger partial charge in [-0.2, -0.15) is 4.98 Å². The zero-order chi connectivity index (χ0) is 13.3. The molecule has 1 aliphatic carbocycles. The van der Waals surface area contributed by atoms with Gasteiger partial charge in [-0.3, -0.25) is 0 Å². The number of nitrogens with zero attached hydrogens (tertiary/aromatic N) is 2. The molecule has 5 nitrogen and oxygen atoms in total. The first-order valence-electron chi connectivity index (χ1n) is 6.44. The molecule has 19 heavy (non-hydrogen) atoms. The zero-order valence-electron chi connectivity index (χ0n) is 10.9. The summed E-state index contributed by atoms with van der Waals surface area (Å²) < 4.78 is 10.5. The van der Waals surface area contributed by atoms with Crippen LogP contribution in [0.5, 0.6) is 5.75 Å². The van der Waals surface area contributed by atoms with E-state index in [1.165, 1.54) is 0 Å². The molecule has 0 atom stereocenters. The van der Waals surface area contributed by atoms with Crippen LogP contribution in [0.15, 0.2) is 28.8 Å². The van der Waals surface area contributed by atoms with E-state index in [1.54, 1.807) is 7.11 Å². The van der Waals surface area contributed by atoms with Crippen molar-refractivity contribution in [3.8, 4) is 5.75 Å². The number of benzene rings is 1. The predicted octanol–water partition coefficient (Wildman–Crippen LogP) is 2.01. The number of rotatable bonds is 4. The summed E-state index contributed by atoms with van der Waals surface area (Å²) in [6.07, 6.45) is 3.60. The lowest BCUT2D eigenvalue weighted by molar-refractivity contribution is 0.181. The van der Waals surface area contributed by atoms with Crippen molar-refractivity contribution < 1.29 is 9.26 Å². The van der Waals surface area contributed by atoms with Crippen molar-refractivity contribution in [3.05, 3.63) is 41.5 Å². The maximum atomic E-state index is 6.16. The van der Waals surface area contributed by atoms with Crippen molar-refractivity contribution in [2.45, 2.75) is 31.2 Å². The van der Waals surface area contributed by atoms with E-state index in [-0.39, 0.29) is 5.54 Å². The van der Waals surface area contributed by atoms with Gasteiger partial charge in [0.05, 0.1) is 12.6 Å². The lowest BCUT2D eigenvalue weighted by Crippen LogP contribution is -2.43. The molecule has 0 radical (unpaired) electrons. The Balaban J connectivity index is 1.76. The molecule has 100 valence electrons. The molecule has 1 aromatic heterocycles. The summed E-state index contributed by atoms with van der Waals surface area (Å²) in [5, 5.41) is 4.01. The standard InChI is InChI=1S/C14H17N3O2/c1-18-11-5-2-4-10(8-11)9-12-16-13(19-17-12)14(15)6-3-7-14/h2,4-5,8H,3,6-7,9,15H2,1H3. The number of aromatic nitrogens is 2. The molecule has 1 aliphatic rings. The first kappa shape index (κ1) is 12.2. The average molecular weight is 259 g/mol. The monoisotopic (exact) mass is 259 g/mol.